The molecule has 1 aliphatic heterocycles. The predicted molar refractivity (Wildman–Crippen MR) is 97.5 cm³/mol. The summed E-state index contributed by atoms with van der Waals surface area (Å²) in [7, 11) is 0. The molecule has 0 saturated carbocycles. The summed E-state index contributed by atoms with van der Waals surface area (Å²) in [6, 6.07) is 3.68. The van der Waals surface area contributed by atoms with E-state index in [-0.39, 0.29) is 17.7 Å². The molecule has 0 spiro atoms. The van der Waals surface area contributed by atoms with Gasteiger partial charge in [-0.05, 0) is 38.0 Å². The molecule has 7 heteroatoms. The van der Waals surface area contributed by atoms with E-state index in [0.29, 0.717) is 31.1 Å². The Morgan fingerprint density at radius 2 is 1.88 bits per heavy atom. The molecule has 0 aliphatic carbocycles. The molecule has 1 fully saturated rings. The zero-order valence-corrected chi connectivity index (χ0v) is 15.9. The van der Waals surface area contributed by atoms with Crippen LogP contribution in [0, 0.1) is 12.3 Å². The Bertz CT molecular complexity index is 686. The highest BCUT2D eigenvalue weighted by molar-refractivity contribution is 9.10. The Hall–Kier alpha value is -1.65. The van der Waals surface area contributed by atoms with Gasteiger partial charge in [-0.25, -0.2) is 0 Å². The first-order chi connectivity index (χ1) is 11.5. The number of ether oxygens (including phenoxy) is 2. The number of carbonyl (C=O) groups excluding carboxylic acids is 2. The van der Waals surface area contributed by atoms with Crippen LogP contribution in [0.3, 0.4) is 0 Å². The molecule has 1 aliphatic rings. The number of terminal acetylenes is 1. The van der Waals surface area contributed by atoms with E-state index in [9.17, 15) is 9.59 Å². The summed E-state index contributed by atoms with van der Waals surface area (Å²) < 4.78 is 12.0. The van der Waals surface area contributed by atoms with Gasteiger partial charge in [-0.2, -0.15) is 0 Å². The minimum atomic E-state index is -0.477. The van der Waals surface area contributed by atoms with E-state index < -0.39 is 5.25 Å². The molecule has 1 saturated heterocycles. The van der Waals surface area contributed by atoms with Crippen LogP contribution in [-0.4, -0.2) is 41.1 Å². The lowest BCUT2D eigenvalue weighted by molar-refractivity contribution is -0.126. The maximum absolute atomic E-state index is 12.3. The van der Waals surface area contributed by atoms with E-state index in [1.807, 2.05) is 26.0 Å². The third-order valence-electron chi connectivity index (χ3n) is 3.37. The molecule has 1 aromatic carbocycles. The van der Waals surface area contributed by atoms with E-state index in [4.69, 9.17) is 15.9 Å². The van der Waals surface area contributed by atoms with Gasteiger partial charge in [0.2, 0.25) is 5.91 Å². The number of rotatable bonds is 7. The van der Waals surface area contributed by atoms with Crippen LogP contribution < -0.4 is 9.47 Å². The third-order valence-corrected chi connectivity index (χ3v) is 5.19. The number of imide groups is 1. The van der Waals surface area contributed by atoms with Crippen molar-refractivity contribution in [3.8, 4) is 23.8 Å². The molecule has 24 heavy (non-hydrogen) atoms. The van der Waals surface area contributed by atoms with Crippen molar-refractivity contribution in [1.82, 2.24) is 4.90 Å². The van der Waals surface area contributed by atoms with Gasteiger partial charge in [-0.15, -0.1) is 6.42 Å². The zero-order valence-electron chi connectivity index (χ0n) is 13.5. The number of benzene rings is 1. The maximum Gasteiger partial charge on any atom is 0.289 e. The van der Waals surface area contributed by atoms with Crippen molar-refractivity contribution in [1.29, 1.82) is 0 Å². The highest BCUT2D eigenvalue weighted by Gasteiger charge is 2.39. The minimum Gasteiger partial charge on any atom is -0.490 e. The van der Waals surface area contributed by atoms with Gasteiger partial charge in [0.25, 0.3) is 5.24 Å². The number of amides is 2. The Labute approximate surface area is 154 Å². The molecule has 0 bridgehead atoms. The van der Waals surface area contributed by atoms with E-state index >= 15 is 0 Å². The molecule has 128 valence electrons. The molecule has 0 aromatic heterocycles. The van der Waals surface area contributed by atoms with Crippen molar-refractivity contribution in [2.45, 2.75) is 25.5 Å². The number of thioether (sulfide) groups is 1. The number of hydrogen-bond acceptors (Lipinski definition) is 5. The summed E-state index contributed by atoms with van der Waals surface area (Å²) >= 11 is 4.51. The van der Waals surface area contributed by atoms with Gasteiger partial charge in [-0.3, -0.25) is 14.5 Å². The van der Waals surface area contributed by atoms with Gasteiger partial charge in [0.05, 0.1) is 25.0 Å². The highest BCUT2D eigenvalue weighted by atomic mass is 79.9. The average Bonchev–Trinajstić information content (AvgIpc) is 2.80. The standard InChI is InChI=1S/C17H18BrNO4S/c1-4-7-19-16(20)15(24-17(19)21)9-11-8-13(22-5-2)14(23-6-3)10-12(11)18/h1,8,10,15H,5-7,9H2,2-3H3. The Balaban J connectivity index is 2.23. The van der Waals surface area contributed by atoms with Gasteiger partial charge in [-0.1, -0.05) is 33.6 Å². The van der Waals surface area contributed by atoms with Crippen LogP contribution in [0.1, 0.15) is 19.4 Å². The van der Waals surface area contributed by atoms with Crippen molar-refractivity contribution < 1.29 is 19.1 Å². The van der Waals surface area contributed by atoms with Gasteiger partial charge in [0.15, 0.2) is 11.5 Å². The number of hydrogen-bond donors (Lipinski definition) is 0. The second-order valence-corrected chi connectivity index (χ2v) is 6.97. The SMILES string of the molecule is C#CCN1C(=O)SC(Cc2cc(OCC)c(OCC)cc2Br)C1=O. The van der Waals surface area contributed by atoms with Gasteiger partial charge < -0.3 is 9.47 Å². The van der Waals surface area contributed by atoms with Crippen molar-refractivity contribution in [3.05, 3.63) is 22.2 Å². The van der Waals surface area contributed by atoms with Crippen LogP contribution in [0.25, 0.3) is 0 Å². The van der Waals surface area contributed by atoms with E-state index in [1.165, 1.54) is 0 Å². The first kappa shape index (κ1) is 18.7. The first-order valence-corrected chi connectivity index (χ1v) is 9.22. The number of halogens is 1. The lowest BCUT2D eigenvalue weighted by Gasteiger charge is -2.15. The van der Waals surface area contributed by atoms with E-state index in [0.717, 1.165) is 26.7 Å². The van der Waals surface area contributed by atoms with Crippen molar-refractivity contribution in [2.75, 3.05) is 19.8 Å². The molecule has 5 nitrogen and oxygen atoms in total. The minimum absolute atomic E-state index is 0.00973. The molecule has 1 atom stereocenters. The van der Waals surface area contributed by atoms with Gasteiger partial charge in [0, 0.05) is 4.47 Å². The van der Waals surface area contributed by atoms with Crippen molar-refractivity contribution in [2.24, 2.45) is 0 Å². The topological polar surface area (TPSA) is 55.8 Å². The molecular formula is C17H18BrNO4S. The van der Waals surface area contributed by atoms with Crippen LogP contribution in [-0.2, 0) is 11.2 Å². The summed E-state index contributed by atoms with van der Waals surface area (Å²) in [4.78, 5) is 25.3. The smallest absolute Gasteiger partial charge is 0.289 e. The number of nitrogens with zero attached hydrogens (tertiary/aromatic N) is 1. The van der Waals surface area contributed by atoms with Crippen molar-refractivity contribution in [3.63, 3.8) is 0 Å². The molecule has 2 rings (SSSR count). The summed E-state index contributed by atoms with van der Waals surface area (Å²) in [6.45, 7) is 4.84. The molecule has 1 aromatic rings. The van der Waals surface area contributed by atoms with E-state index in [2.05, 4.69) is 21.9 Å². The summed E-state index contributed by atoms with van der Waals surface area (Å²) in [5, 5.41) is -0.774. The fourth-order valence-corrected chi connectivity index (χ4v) is 3.83. The van der Waals surface area contributed by atoms with Crippen molar-refractivity contribution >= 4 is 38.8 Å². The molecule has 0 radical (unpaired) electrons. The normalized spacial score (nSPS) is 17.1. The highest BCUT2D eigenvalue weighted by Crippen LogP contribution is 2.37. The van der Waals surface area contributed by atoms with Crippen LogP contribution >= 0.6 is 27.7 Å². The second-order valence-electron chi connectivity index (χ2n) is 4.96. The number of carbonyl (C=O) groups is 2. The quantitative estimate of drug-likeness (QED) is 0.642. The molecule has 0 N–H and O–H groups in total. The lowest BCUT2D eigenvalue weighted by atomic mass is 10.1. The Morgan fingerprint density at radius 3 is 2.46 bits per heavy atom. The third kappa shape index (κ3) is 4.05. The molecule has 2 amide bonds. The molecule has 1 heterocycles. The largest absolute Gasteiger partial charge is 0.490 e. The summed E-state index contributed by atoms with van der Waals surface area (Å²) in [5.41, 5.74) is 0.878. The van der Waals surface area contributed by atoms with Crippen LogP contribution in [0.4, 0.5) is 4.79 Å². The predicted octanol–water partition coefficient (Wildman–Crippen LogP) is 3.49. The molecular weight excluding hydrogens is 394 g/mol. The first-order valence-electron chi connectivity index (χ1n) is 7.55. The van der Waals surface area contributed by atoms with Gasteiger partial charge in [0.1, 0.15) is 0 Å². The fourth-order valence-electron chi connectivity index (χ4n) is 2.33. The summed E-state index contributed by atoms with van der Waals surface area (Å²) in [5.74, 6) is 3.36. The summed E-state index contributed by atoms with van der Waals surface area (Å²) in [6.07, 6.45) is 5.62. The van der Waals surface area contributed by atoms with E-state index in [1.54, 1.807) is 0 Å². The maximum atomic E-state index is 12.3. The Morgan fingerprint density at radius 1 is 1.25 bits per heavy atom. The second kappa shape index (κ2) is 8.45. The zero-order chi connectivity index (χ0) is 17.7. The average molecular weight is 412 g/mol. The van der Waals surface area contributed by atoms with Crippen LogP contribution in [0.2, 0.25) is 0 Å². The molecule has 1 unspecified atom stereocenters. The monoisotopic (exact) mass is 411 g/mol. The lowest BCUT2D eigenvalue weighted by Crippen LogP contribution is -2.32. The fraction of sp³-hybridized carbons (Fsp3) is 0.412. The van der Waals surface area contributed by atoms with Gasteiger partial charge >= 0.3 is 0 Å². The Kier molecular flexibility index (Phi) is 6.58. The van der Waals surface area contributed by atoms with Crippen LogP contribution in [0.5, 0.6) is 11.5 Å². The van der Waals surface area contributed by atoms with Crippen LogP contribution in [0.15, 0.2) is 16.6 Å².